The van der Waals surface area contributed by atoms with Crippen LogP contribution in [0.1, 0.15) is 44.9 Å². The highest BCUT2D eigenvalue weighted by Gasteiger charge is 2.19. The summed E-state index contributed by atoms with van der Waals surface area (Å²) in [5.41, 5.74) is 0. The summed E-state index contributed by atoms with van der Waals surface area (Å²) in [5, 5.41) is 4.04. The van der Waals surface area contributed by atoms with E-state index in [0.29, 0.717) is 6.04 Å². The van der Waals surface area contributed by atoms with Crippen LogP contribution in [-0.2, 0) is 4.79 Å². The molecule has 2 aliphatic rings. The second-order valence-corrected chi connectivity index (χ2v) is 8.51. The molecular weight excluding hydrogens is 276 g/mol. The largest absolute Gasteiger partial charge is 0.353 e. The van der Waals surface area contributed by atoms with Crippen LogP contribution < -0.4 is 5.32 Å². The molecular formula is C14H26N2OS2. The number of nitrogens with one attached hydrogen (secondary N) is 1. The van der Waals surface area contributed by atoms with Crippen LogP contribution in [0.2, 0.25) is 0 Å². The van der Waals surface area contributed by atoms with Crippen molar-refractivity contribution in [3.63, 3.8) is 0 Å². The molecule has 1 unspecified atom stereocenters. The number of unbranched alkanes of at least 4 members (excludes halogenated alkanes) is 1. The van der Waals surface area contributed by atoms with Crippen molar-refractivity contribution in [2.75, 3.05) is 25.9 Å². The first-order valence-electron chi connectivity index (χ1n) is 7.50. The summed E-state index contributed by atoms with van der Waals surface area (Å²) < 4.78 is 0. The SMILES string of the molecule is CN1CCC(NC(=O)CCCCC2CCSS2)CC1. The summed E-state index contributed by atoms with van der Waals surface area (Å²) in [6.07, 6.45) is 7.85. The van der Waals surface area contributed by atoms with E-state index in [1.54, 1.807) is 0 Å². The minimum atomic E-state index is 0.267. The molecule has 5 heteroatoms. The highest BCUT2D eigenvalue weighted by Crippen LogP contribution is 2.39. The van der Waals surface area contributed by atoms with Gasteiger partial charge in [0.15, 0.2) is 0 Å². The van der Waals surface area contributed by atoms with Gasteiger partial charge in [0.2, 0.25) is 5.91 Å². The molecule has 0 radical (unpaired) electrons. The van der Waals surface area contributed by atoms with Crippen molar-refractivity contribution < 1.29 is 4.79 Å². The molecule has 2 fully saturated rings. The van der Waals surface area contributed by atoms with Crippen LogP contribution in [0, 0.1) is 0 Å². The number of carbonyl (C=O) groups is 1. The maximum atomic E-state index is 11.9. The van der Waals surface area contributed by atoms with E-state index >= 15 is 0 Å². The Kier molecular flexibility index (Phi) is 6.88. The molecule has 0 saturated carbocycles. The summed E-state index contributed by atoms with van der Waals surface area (Å²) in [4.78, 5) is 14.2. The molecule has 2 aliphatic heterocycles. The summed E-state index contributed by atoms with van der Waals surface area (Å²) in [6.45, 7) is 2.23. The third-order valence-electron chi connectivity index (χ3n) is 3.99. The Balaban J connectivity index is 1.49. The molecule has 0 aromatic heterocycles. The molecule has 110 valence electrons. The van der Waals surface area contributed by atoms with Crippen LogP contribution in [0.15, 0.2) is 0 Å². The van der Waals surface area contributed by atoms with Crippen molar-refractivity contribution in [2.24, 2.45) is 0 Å². The molecule has 2 heterocycles. The van der Waals surface area contributed by atoms with E-state index < -0.39 is 0 Å². The number of hydrogen-bond acceptors (Lipinski definition) is 4. The Bertz CT molecular complexity index is 275. The van der Waals surface area contributed by atoms with Gasteiger partial charge in [-0.3, -0.25) is 4.79 Å². The lowest BCUT2D eigenvalue weighted by Gasteiger charge is -2.29. The number of amides is 1. The predicted molar refractivity (Wildman–Crippen MR) is 85.6 cm³/mol. The van der Waals surface area contributed by atoms with Crippen molar-refractivity contribution in [1.29, 1.82) is 0 Å². The first-order chi connectivity index (χ1) is 9.24. The highest BCUT2D eigenvalue weighted by atomic mass is 33.1. The minimum absolute atomic E-state index is 0.267. The minimum Gasteiger partial charge on any atom is -0.353 e. The van der Waals surface area contributed by atoms with Gasteiger partial charge < -0.3 is 10.2 Å². The van der Waals surface area contributed by atoms with Crippen LogP contribution in [0.3, 0.4) is 0 Å². The number of rotatable bonds is 6. The van der Waals surface area contributed by atoms with Gasteiger partial charge in [0.25, 0.3) is 0 Å². The summed E-state index contributed by atoms with van der Waals surface area (Å²) in [7, 11) is 6.19. The molecule has 0 bridgehead atoms. The summed E-state index contributed by atoms with van der Waals surface area (Å²) >= 11 is 0. The molecule has 2 rings (SSSR count). The maximum Gasteiger partial charge on any atom is 0.220 e. The van der Waals surface area contributed by atoms with Crippen LogP contribution >= 0.6 is 21.6 Å². The molecule has 19 heavy (non-hydrogen) atoms. The van der Waals surface area contributed by atoms with Gasteiger partial charge >= 0.3 is 0 Å². The molecule has 0 aliphatic carbocycles. The van der Waals surface area contributed by atoms with Crippen molar-refractivity contribution in [3.05, 3.63) is 0 Å². The van der Waals surface area contributed by atoms with Crippen molar-refractivity contribution in [1.82, 2.24) is 10.2 Å². The smallest absolute Gasteiger partial charge is 0.220 e. The summed E-state index contributed by atoms with van der Waals surface area (Å²) in [6, 6.07) is 0.422. The van der Waals surface area contributed by atoms with Crippen LogP contribution in [0.4, 0.5) is 0 Å². The standard InChI is InChI=1S/C14H26N2OS2/c1-16-9-6-12(7-10-16)15-14(17)5-3-2-4-13-8-11-18-19-13/h12-13H,2-11H2,1H3,(H,15,17). The lowest BCUT2D eigenvalue weighted by Crippen LogP contribution is -2.43. The van der Waals surface area contributed by atoms with Crippen LogP contribution in [-0.4, -0.2) is 48.0 Å². The molecule has 1 amide bonds. The predicted octanol–water partition coefficient (Wildman–Crippen LogP) is 2.91. The fourth-order valence-corrected chi connectivity index (χ4v) is 5.70. The van der Waals surface area contributed by atoms with E-state index in [-0.39, 0.29) is 5.91 Å². The zero-order valence-electron chi connectivity index (χ0n) is 11.9. The van der Waals surface area contributed by atoms with E-state index in [2.05, 4.69) is 17.3 Å². The first kappa shape index (κ1) is 15.5. The Hall–Kier alpha value is 0.130. The lowest BCUT2D eigenvalue weighted by molar-refractivity contribution is -0.122. The van der Waals surface area contributed by atoms with Gasteiger partial charge in [-0.1, -0.05) is 28.0 Å². The third kappa shape index (κ3) is 5.96. The average Bonchev–Trinajstić information content (AvgIpc) is 2.91. The van der Waals surface area contributed by atoms with Crippen molar-refractivity contribution in [2.45, 2.75) is 56.2 Å². The normalized spacial score (nSPS) is 25.6. The van der Waals surface area contributed by atoms with Gasteiger partial charge in [-0.15, -0.1) is 0 Å². The molecule has 0 spiro atoms. The van der Waals surface area contributed by atoms with Crippen LogP contribution in [0.25, 0.3) is 0 Å². The molecule has 3 nitrogen and oxygen atoms in total. The second kappa shape index (κ2) is 8.42. The summed E-state index contributed by atoms with van der Waals surface area (Å²) in [5.74, 6) is 1.58. The first-order valence-corrected chi connectivity index (χ1v) is 9.88. The van der Waals surface area contributed by atoms with Gasteiger partial charge in [0.05, 0.1) is 0 Å². The Morgan fingerprint density at radius 1 is 1.26 bits per heavy atom. The zero-order chi connectivity index (χ0) is 13.5. The maximum absolute atomic E-state index is 11.9. The van der Waals surface area contributed by atoms with E-state index in [0.717, 1.165) is 44.0 Å². The lowest BCUT2D eigenvalue weighted by atomic mass is 10.0. The number of nitrogens with zero attached hydrogens (tertiary/aromatic N) is 1. The molecule has 1 N–H and O–H groups in total. The number of hydrogen-bond donors (Lipinski definition) is 1. The van der Waals surface area contributed by atoms with Crippen molar-refractivity contribution >= 4 is 27.5 Å². The quantitative estimate of drug-likeness (QED) is 0.604. The average molecular weight is 303 g/mol. The number of piperidine rings is 1. The van der Waals surface area contributed by atoms with E-state index in [9.17, 15) is 4.79 Å². The van der Waals surface area contributed by atoms with E-state index in [1.165, 1.54) is 25.0 Å². The Morgan fingerprint density at radius 2 is 2.05 bits per heavy atom. The second-order valence-electron chi connectivity index (χ2n) is 5.72. The number of likely N-dealkylation sites (tertiary alicyclic amines) is 1. The molecule has 0 aromatic rings. The van der Waals surface area contributed by atoms with Gasteiger partial charge in [-0.05, 0) is 52.2 Å². The Labute approximate surface area is 125 Å². The Morgan fingerprint density at radius 3 is 2.74 bits per heavy atom. The van der Waals surface area contributed by atoms with E-state index in [1.807, 2.05) is 21.6 Å². The highest BCUT2D eigenvalue weighted by molar-refractivity contribution is 8.77. The third-order valence-corrected chi connectivity index (χ3v) is 7.00. The fourth-order valence-electron chi connectivity index (χ4n) is 2.67. The monoisotopic (exact) mass is 302 g/mol. The van der Waals surface area contributed by atoms with Gasteiger partial charge in [0, 0.05) is 23.5 Å². The van der Waals surface area contributed by atoms with Gasteiger partial charge in [-0.2, -0.15) is 0 Å². The van der Waals surface area contributed by atoms with E-state index in [4.69, 9.17) is 0 Å². The number of carbonyl (C=O) groups excluding carboxylic acids is 1. The fraction of sp³-hybridized carbons (Fsp3) is 0.929. The van der Waals surface area contributed by atoms with Gasteiger partial charge in [0.1, 0.15) is 0 Å². The topological polar surface area (TPSA) is 32.3 Å². The van der Waals surface area contributed by atoms with Crippen molar-refractivity contribution in [3.8, 4) is 0 Å². The van der Waals surface area contributed by atoms with Gasteiger partial charge in [-0.25, -0.2) is 0 Å². The zero-order valence-corrected chi connectivity index (χ0v) is 13.5. The molecule has 1 atom stereocenters. The molecule has 2 saturated heterocycles. The molecule has 0 aromatic carbocycles. The van der Waals surface area contributed by atoms with Crippen LogP contribution in [0.5, 0.6) is 0 Å².